The second kappa shape index (κ2) is 4.59. The number of halogens is 2. The summed E-state index contributed by atoms with van der Waals surface area (Å²) in [5.74, 6) is -1.18. The quantitative estimate of drug-likeness (QED) is 0.776. The van der Waals surface area contributed by atoms with E-state index in [1.807, 2.05) is 37.3 Å². The molecule has 0 aliphatic rings. The zero-order chi connectivity index (χ0) is 14.3. The number of rotatable bonds is 2. The fourth-order valence-corrected chi connectivity index (χ4v) is 2.43. The molecule has 0 fully saturated rings. The van der Waals surface area contributed by atoms with Crippen molar-refractivity contribution in [1.29, 1.82) is 0 Å². The van der Waals surface area contributed by atoms with E-state index in [0.717, 1.165) is 11.6 Å². The van der Waals surface area contributed by atoms with E-state index in [1.165, 1.54) is 6.07 Å². The van der Waals surface area contributed by atoms with Gasteiger partial charge in [-0.2, -0.15) is 0 Å². The Morgan fingerprint density at radius 3 is 2.55 bits per heavy atom. The van der Waals surface area contributed by atoms with Crippen molar-refractivity contribution in [3.8, 4) is 0 Å². The Morgan fingerprint density at radius 2 is 1.85 bits per heavy atom. The molecule has 5 heteroatoms. The molecule has 0 saturated heterocycles. The molecule has 1 aromatic heterocycles. The van der Waals surface area contributed by atoms with Crippen molar-refractivity contribution in [2.75, 3.05) is 5.73 Å². The Balaban J connectivity index is 2.23. The third-order valence-electron chi connectivity index (χ3n) is 3.41. The summed E-state index contributed by atoms with van der Waals surface area (Å²) in [5, 5.41) is 0. The zero-order valence-electron chi connectivity index (χ0n) is 10.8. The fraction of sp³-hybridized carbons (Fsp3) is 0.133. The number of hydrogen-bond acceptors (Lipinski definition) is 2. The summed E-state index contributed by atoms with van der Waals surface area (Å²) >= 11 is 0. The minimum Gasteiger partial charge on any atom is -0.369 e. The summed E-state index contributed by atoms with van der Waals surface area (Å²) in [4.78, 5) is 4.00. The maximum atomic E-state index is 13.7. The van der Waals surface area contributed by atoms with Crippen LogP contribution in [0.25, 0.3) is 11.0 Å². The van der Waals surface area contributed by atoms with Gasteiger partial charge in [0.05, 0.1) is 11.6 Å². The number of nitrogen functional groups attached to an aromatic ring is 1. The van der Waals surface area contributed by atoms with Gasteiger partial charge in [-0.25, -0.2) is 13.8 Å². The van der Waals surface area contributed by atoms with Crippen LogP contribution >= 0.6 is 0 Å². The SMILES string of the molecule is CC(c1ccccc1)n1c(N)nc2c(F)cc(F)cc21. The highest BCUT2D eigenvalue weighted by Crippen LogP contribution is 2.29. The van der Waals surface area contributed by atoms with Gasteiger partial charge in [-0.3, -0.25) is 0 Å². The van der Waals surface area contributed by atoms with Crippen LogP contribution in [0.2, 0.25) is 0 Å². The largest absolute Gasteiger partial charge is 0.369 e. The first-order chi connectivity index (χ1) is 9.58. The topological polar surface area (TPSA) is 43.8 Å². The molecule has 0 bridgehead atoms. The molecule has 20 heavy (non-hydrogen) atoms. The van der Waals surface area contributed by atoms with Crippen molar-refractivity contribution in [2.45, 2.75) is 13.0 Å². The summed E-state index contributed by atoms with van der Waals surface area (Å²) in [6.07, 6.45) is 0. The molecule has 0 spiro atoms. The maximum Gasteiger partial charge on any atom is 0.201 e. The lowest BCUT2D eigenvalue weighted by atomic mass is 10.1. The molecule has 3 nitrogen and oxygen atoms in total. The highest BCUT2D eigenvalue weighted by Gasteiger charge is 2.18. The summed E-state index contributed by atoms with van der Waals surface area (Å²) in [5.41, 5.74) is 7.31. The standard InChI is InChI=1S/C15H13F2N3/c1-9(10-5-3-2-4-6-10)20-13-8-11(16)7-12(17)14(13)19-15(20)18/h2-9H,1H3,(H2,18,19). The number of hydrogen-bond donors (Lipinski definition) is 1. The first-order valence-electron chi connectivity index (χ1n) is 6.25. The summed E-state index contributed by atoms with van der Waals surface area (Å²) in [6, 6.07) is 11.5. The smallest absolute Gasteiger partial charge is 0.201 e. The van der Waals surface area contributed by atoms with Gasteiger partial charge < -0.3 is 10.3 Å². The van der Waals surface area contributed by atoms with Crippen LogP contribution in [0, 0.1) is 11.6 Å². The van der Waals surface area contributed by atoms with Crippen LogP contribution in [-0.4, -0.2) is 9.55 Å². The molecule has 102 valence electrons. The lowest BCUT2D eigenvalue weighted by molar-refractivity contribution is 0.589. The van der Waals surface area contributed by atoms with Crippen molar-refractivity contribution in [3.05, 3.63) is 59.7 Å². The van der Waals surface area contributed by atoms with Gasteiger partial charge in [-0.05, 0) is 12.5 Å². The Bertz CT molecular complexity index is 766. The average Bonchev–Trinajstić information content (AvgIpc) is 2.76. The number of nitrogens with two attached hydrogens (primary N) is 1. The van der Waals surface area contributed by atoms with Crippen LogP contribution in [0.1, 0.15) is 18.5 Å². The molecule has 0 aliphatic carbocycles. The van der Waals surface area contributed by atoms with Crippen molar-refractivity contribution in [2.24, 2.45) is 0 Å². The van der Waals surface area contributed by atoms with Crippen LogP contribution in [0.4, 0.5) is 14.7 Å². The Kier molecular flexibility index (Phi) is 2.89. The molecule has 0 aliphatic heterocycles. The predicted molar refractivity (Wildman–Crippen MR) is 74.3 cm³/mol. The Hall–Kier alpha value is -2.43. The van der Waals surface area contributed by atoms with Gasteiger partial charge in [-0.15, -0.1) is 0 Å². The van der Waals surface area contributed by atoms with Gasteiger partial charge in [-0.1, -0.05) is 30.3 Å². The van der Waals surface area contributed by atoms with E-state index in [1.54, 1.807) is 4.57 Å². The fourth-order valence-electron chi connectivity index (χ4n) is 2.43. The monoisotopic (exact) mass is 273 g/mol. The number of imidazole rings is 1. The molecule has 3 aromatic rings. The lowest BCUT2D eigenvalue weighted by Crippen LogP contribution is -2.10. The molecule has 1 unspecified atom stereocenters. The molecule has 3 rings (SSSR count). The van der Waals surface area contributed by atoms with E-state index in [-0.39, 0.29) is 17.5 Å². The molecular formula is C15H13F2N3. The minimum atomic E-state index is -0.703. The lowest BCUT2D eigenvalue weighted by Gasteiger charge is -2.16. The highest BCUT2D eigenvalue weighted by molar-refractivity contribution is 5.79. The molecule has 1 heterocycles. The first-order valence-corrected chi connectivity index (χ1v) is 6.25. The van der Waals surface area contributed by atoms with E-state index < -0.39 is 11.6 Å². The Labute approximate surface area is 114 Å². The van der Waals surface area contributed by atoms with E-state index >= 15 is 0 Å². The molecular weight excluding hydrogens is 260 g/mol. The number of aromatic nitrogens is 2. The maximum absolute atomic E-state index is 13.7. The van der Waals surface area contributed by atoms with Crippen molar-refractivity contribution >= 4 is 17.0 Å². The number of anilines is 1. The van der Waals surface area contributed by atoms with Crippen LogP contribution in [0.5, 0.6) is 0 Å². The van der Waals surface area contributed by atoms with Gasteiger partial charge in [0.25, 0.3) is 0 Å². The molecule has 0 saturated carbocycles. The van der Waals surface area contributed by atoms with E-state index in [0.29, 0.717) is 5.52 Å². The summed E-state index contributed by atoms with van der Waals surface area (Å²) < 4.78 is 28.8. The van der Waals surface area contributed by atoms with E-state index in [4.69, 9.17) is 5.73 Å². The second-order valence-electron chi connectivity index (χ2n) is 4.68. The highest BCUT2D eigenvalue weighted by atomic mass is 19.1. The van der Waals surface area contributed by atoms with Gasteiger partial charge in [0, 0.05) is 12.1 Å². The van der Waals surface area contributed by atoms with E-state index in [2.05, 4.69) is 4.98 Å². The number of nitrogens with zero attached hydrogens (tertiary/aromatic N) is 2. The number of benzene rings is 2. The first kappa shape index (κ1) is 12.6. The van der Waals surface area contributed by atoms with Crippen molar-refractivity contribution in [3.63, 3.8) is 0 Å². The van der Waals surface area contributed by atoms with Gasteiger partial charge >= 0.3 is 0 Å². The van der Waals surface area contributed by atoms with Gasteiger partial charge in [0.15, 0.2) is 5.82 Å². The summed E-state index contributed by atoms with van der Waals surface area (Å²) in [7, 11) is 0. The van der Waals surface area contributed by atoms with Crippen LogP contribution in [-0.2, 0) is 0 Å². The third-order valence-corrected chi connectivity index (χ3v) is 3.41. The minimum absolute atomic E-state index is 0.0895. The van der Waals surface area contributed by atoms with Crippen LogP contribution in [0.15, 0.2) is 42.5 Å². The molecule has 1 atom stereocenters. The van der Waals surface area contributed by atoms with Crippen LogP contribution < -0.4 is 5.73 Å². The van der Waals surface area contributed by atoms with E-state index in [9.17, 15) is 8.78 Å². The van der Waals surface area contributed by atoms with Gasteiger partial charge in [0.1, 0.15) is 11.3 Å². The molecule has 0 radical (unpaired) electrons. The van der Waals surface area contributed by atoms with Gasteiger partial charge in [0.2, 0.25) is 5.95 Å². The summed E-state index contributed by atoms with van der Waals surface area (Å²) in [6.45, 7) is 1.91. The molecule has 2 N–H and O–H groups in total. The molecule has 0 amide bonds. The van der Waals surface area contributed by atoms with Crippen molar-refractivity contribution < 1.29 is 8.78 Å². The Morgan fingerprint density at radius 1 is 1.15 bits per heavy atom. The van der Waals surface area contributed by atoms with Crippen molar-refractivity contribution in [1.82, 2.24) is 9.55 Å². The zero-order valence-corrected chi connectivity index (χ0v) is 10.8. The molecule has 2 aromatic carbocycles. The van der Waals surface area contributed by atoms with Crippen LogP contribution in [0.3, 0.4) is 0 Å². The average molecular weight is 273 g/mol. The predicted octanol–water partition coefficient (Wildman–Crippen LogP) is 3.51. The third kappa shape index (κ3) is 1.91. The second-order valence-corrected chi connectivity index (χ2v) is 4.68. The number of fused-ring (bicyclic) bond motifs is 1. The normalized spacial score (nSPS) is 12.8.